The minimum atomic E-state index is -3.74. The van der Waals surface area contributed by atoms with Crippen molar-refractivity contribution < 1.29 is 17.9 Å². The molecule has 0 aromatic heterocycles. The molecule has 1 aliphatic rings. The molecule has 2 aromatic carbocycles. The van der Waals surface area contributed by atoms with Crippen molar-refractivity contribution in [3.8, 4) is 0 Å². The molecule has 0 spiro atoms. The van der Waals surface area contributed by atoms with Crippen LogP contribution in [0.1, 0.15) is 49.2 Å². The maximum absolute atomic E-state index is 13.2. The van der Waals surface area contributed by atoms with Crippen LogP contribution in [0.25, 0.3) is 0 Å². The molecule has 0 aliphatic carbocycles. The highest BCUT2D eigenvalue weighted by molar-refractivity contribution is 7.89. The van der Waals surface area contributed by atoms with Crippen molar-refractivity contribution in [2.45, 2.75) is 57.6 Å². The van der Waals surface area contributed by atoms with Crippen LogP contribution in [0.4, 0.5) is 5.69 Å². The summed E-state index contributed by atoms with van der Waals surface area (Å²) in [6, 6.07) is 9.89. The normalized spacial score (nSPS) is 19.9. The molecule has 0 saturated carbocycles. The Morgan fingerprint density at radius 3 is 2.42 bits per heavy atom. The van der Waals surface area contributed by atoms with E-state index >= 15 is 0 Å². The number of sulfonamides is 1. The van der Waals surface area contributed by atoms with Crippen molar-refractivity contribution >= 4 is 33.2 Å². The lowest BCUT2D eigenvalue weighted by atomic mass is 10.0. The molecule has 1 heterocycles. The Labute approximate surface area is 189 Å². The summed E-state index contributed by atoms with van der Waals surface area (Å²) in [6.45, 7) is 8.26. The fourth-order valence-corrected chi connectivity index (χ4v) is 5.85. The number of carbonyl (C=O) groups excluding carboxylic acids is 1. The number of hydrogen-bond donors (Lipinski definition) is 1. The van der Waals surface area contributed by atoms with Gasteiger partial charge in [0, 0.05) is 29.4 Å². The van der Waals surface area contributed by atoms with E-state index in [2.05, 4.69) is 5.32 Å². The van der Waals surface area contributed by atoms with Gasteiger partial charge in [-0.25, -0.2) is 8.42 Å². The van der Waals surface area contributed by atoms with E-state index in [0.717, 1.165) is 17.5 Å². The summed E-state index contributed by atoms with van der Waals surface area (Å²) >= 11 is 6.34. The van der Waals surface area contributed by atoms with E-state index in [9.17, 15) is 13.2 Å². The molecule has 1 saturated heterocycles. The minimum Gasteiger partial charge on any atom is -0.373 e. The van der Waals surface area contributed by atoms with E-state index in [4.69, 9.17) is 16.3 Å². The second-order valence-electron chi connectivity index (χ2n) is 7.83. The summed E-state index contributed by atoms with van der Waals surface area (Å²) < 4.78 is 33.4. The third-order valence-corrected chi connectivity index (χ3v) is 7.62. The van der Waals surface area contributed by atoms with Gasteiger partial charge in [0.1, 0.15) is 0 Å². The molecule has 3 rings (SSSR count). The quantitative estimate of drug-likeness (QED) is 0.682. The second kappa shape index (κ2) is 9.69. The molecular weight excluding hydrogens is 436 g/mol. The predicted molar refractivity (Wildman–Crippen MR) is 123 cm³/mol. The number of nitrogens with one attached hydrogen (secondary N) is 1. The van der Waals surface area contributed by atoms with Gasteiger partial charge in [0.25, 0.3) is 5.91 Å². The van der Waals surface area contributed by atoms with Gasteiger partial charge in [0.2, 0.25) is 10.0 Å². The Balaban J connectivity index is 1.90. The van der Waals surface area contributed by atoms with Crippen LogP contribution in [-0.2, 0) is 27.6 Å². The van der Waals surface area contributed by atoms with Crippen molar-refractivity contribution in [2.75, 3.05) is 18.4 Å². The first-order valence-electron chi connectivity index (χ1n) is 10.5. The number of nitrogens with zero attached hydrogens (tertiary/aromatic N) is 1. The predicted octanol–water partition coefficient (Wildman–Crippen LogP) is 4.52. The Bertz CT molecular complexity index is 1060. The highest BCUT2D eigenvalue weighted by atomic mass is 35.5. The summed E-state index contributed by atoms with van der Waals surface area (Å²) in [4.78, 5) is 13.1. The fraction of sp³-hybridized carbons (Fsp3) is 0.435. The lowest BCUT2D eigenvalue weighted by Gasteiger charge is -2.34. The van der Waals surface area contributed by atoms with Gasteiger partial charge >= 0.3 is 0 Å². The maximum atomic E-state index is 13.2. The minimum absolute atomic E-state index is 0.0963. The monoisotopic (exact) mass is 464 g/mol. The highest BCUT2D eigenvalue weighted by Crippen LogP contribution is 2.30. The van der Waals surface area contributed by atoms with Crippen LogP contribution < -0.4 is 5.32 Å². The average Bonchev–Trinajstić information content (AvgIpc) is 2.73. The Morgan fingerprint density at radius 1 is 1.13 bits per heavy atom. The van der Waals surface area contributed by atoms with Gasteiger partial charge in [0.15, 0.2) is 0 Å². The molecule has 31 heavy (non-hydrogen) atoms. The van der Waals surface area contributed by atoms with Crippen LogP contribution in [-0.4, -0.2) is 43.9 Å². The lowest BCUT2D eigenvalue weighted by Crippen LogP contribution is -2.48. The van der Waals surface area contributed by atoms with E-state index in [1.54, 1.807) is 12.1 Å². The average molecular weight is 465 g/mol. The van der Waals surface area contributed by atoms with Crippen LogP contribution in [0.15, 0.2) is 41.3 Å². The number of anilines is 1. The number of amides is 1. The largest absolute Gasteiger partial charge is 0.373 e. The molecule has 1 fully saturated rings. The number of halogens is 1. The molecule has 0 radical (unpaired) electrons. The number of carbonyl (C=O) groups is 1. The smallest absolute Gasteiger partial charge is 0.255 e. The summed E-state index contributed by atoms with van der Waals surface area (Å²) in [7, 11) is -3.74. The summed E-state index contributed by atoms with van der Waals surface area (Å²) in [5.74, 6) is -0.368. The van der Waals surface area contributed by atoms with Crippen LogP contribution in [0, 0.1) is 0 Å². The summed E-state index contributed by atoms with van der Waals surface area (Å²) in [6.07, 6.45) is 1.03. The zero-order chi connectivity index (χ0) is 22.8. The van der Waals surface area contributed by atoms with E-state index in [1.165, 1.54) is 16.4 Å². The van der Waals surface area contributed by atoms with Gasteiger partial charge in [0.05, 0.1) is 17.1 Å². The number of rotatable bonds is 6. The second-order valence-corrected chi connectivity index (χ2v) is 10.2. The first-order valence-corrected chi connectivity index (χ1v) is 12.4. The van der Waals surface area contributed by atoms with Crippen molar-refractivity contribution in [3.63, 3.8) is 0 Å². The van der Waals surface area contributed by atoms with Gasteiger partial charge in [-0.1, -0.05) is 37.6 Å². The maximum Gasteiger partial charge on any atom is 0.255 e. The molecule has 2 atom stereocenters. The molecule has 0 bridgehead atoms. The van der Waals surface area contributed by atoms with Crippen molar-refractivity contribution in [2.24, 2.45) is 0 Å². The number of benzene rings is 2. The molecule has 2 aromatic rings. The summed E-state index contributed by atoms with van der Waals surface area (Å²) in [5.41, 5.74) is 2.83. The molecular formula is C23H29ClN2O4S. The number of ether oxygens (including phenoxy) is 1. The Morgan fingerprint density at radius 2 is 1.81 bits per heavy atom. The molecule has 1 aliphatic heterocycles. The third kappa shape index (κ3) is 5.12. The van der Waals surface area contributed by atoms with Gasteiger partial charge in [-0.3, -0.25) is 4.79 Å². The zero-order valence-corrected chi connectivity index (χ0v) is 19.9. The van der Waals surface area contributed by atoms with E-state index < -0.39 is 10.0 Å². The van der Waals surface area contributed by atoms with Crippen molar-refractivity contribution in [3.05, 3.63) is 58.1 Å². The van der Waals surface area contributed by atoms with Crippen LogP contribution in [0.3, 0.4) is 0 Å². The van der Waals surface area contributed by atoms with Gasteiger partial charge < -0.3 is 10.1 Å². The van der Waals surface area contributed by atoms with Gasteiger partial charge in [-0.05, 0) is 62.1 Å². The summed E-state index contributed by atoms with van der Waals surface area (Å²) in [5, 5.41) is 3.56. The van der Waals surface area contributed by atoms with Crippen LogP contribution in [0.5, 0.6) is 0 Å². The Hall–Kier alpha value is -1.93. The van der Waals surface area contributed by atoms with E-state index in [-0.39, 0.29) is 41.7 Å². The molecule has 1 amide bonds. The Kier molecular flexibility index (Phi) is 7.42. The van der Waals surface area contributed by atoms with Crippen LogP contribution >= 0.6 is 11.6 Å². The SMILES string of the molecule is CCc1ccc(Cl)c(CC)c1NC(=O)c1cccc(S(=O)(=O)N2C[C@@H](C)O[C@H](C)C2)c1. The standard InChI is InChI=1S/C23H29ClN2O4S/c1-5-17-10-11-21(24)20(6-2)22(17)25-23(27)18-8-7-9-19(12-18)31(28,29)26-13-15(3)30-16(4)14-26/h7-12,15-16H,5-6,13-14H2,1-4H3,(H,25,27)/t15-,16-/m1/s1. The fourth-order valence-electron chi connectivity index (χ4n) is 3.93. The number of aryl methyl sites for hydroxylation is 1. The topological polar surface area (TPSA) is 75.7 Å². The van der Waals surface area contributed by atoms with Gasteiger partial charge in [-0.2, -0.15) is 4.31 Å². The molecule has 8 heteroatoms. The molecule has 6 nitrogen and oxygen atoms in total. The molecule has 168 valence electrons. The number of morpholine rings is 1. The zero-order valence-electron chi connectivity index (χ0n) is 18.3. The first-order chi connectivity index (χ1) is 14.7. The number of hydrogen-bond acceptors (Lipinski definition) is 4. The lowest BCUT2D eigenvalue weighted by molar-refractivity contribution is -0.0440. The van der Waals surface area contributed by atoms with Crippen molar-refractivity contribution in [1.29, 1.82) is 0 Å². The molecule has 0 unspecified atom stereocenters. The van der Waals surface area contributed by atoms with Crippen LogP contribution in [0.2, 0.25) is 5.02 Å². The molecule has 1 N–H and O–H groups in total. The first kappa shape index (κ1) is 23.7. The van der Waals surface area contributed by atoms with E-state index in [1.807, 2.05) is 39.8 Å². The van der Waals surface area contributed by atoms with Crippen molar-refractivity contribution in [1.82, 2.24) is 4.31 Å². The third-order valence-electron chi connectivity index (χ3n) is 5.44. The van der Waals surface area contributed by atoms with E-state index in [0.29, 0.717) is 17.1 Å². The van der Waals surface area contributed by atoms with Gasteiger partial charge in [-0.15, -0.1) is 0 Å². The highest BCUT2D eigenvalue weighted by Gasteiger charge is 2.32.